The zero-order valence-corrected chi connectivity index (χ0v) is 10.7. The number of hydrogen-bond donors (Lipinski definition) is 1. The maximum absolute atomic E-state index is 5.67. The standard InChI is InChI=1S/C11H15N5S/c1-8-7-10(12)15-11(14-8)17-6-4-9-3-5-13-16(9)2/h3,5,7H,4,6H2,1-2H3,(H2,12,14,15). The Labute approximate surface area is 104 Å². The van der Waals surface area contributed by atoms with Crippen molar-refractivity contribution >= 4 is 17.6 Å². The van der Waals surface area contributed by atoms with E-state index >= 15 is 0 Å². The quantitative estimate of drug-likeness (QED) is 0.656. The second kappa shape index (κ2) is 5.18. The van der Waals surface area contributed by atoms with E-state index in [1.54, 1.807) is 24.0 Å². The first kappa shape index (κ1) is 11.9. The van der Waals surface area contributed by atoms with Crippen molar-refractivity contribution in [3.63, 3.8) is 0 Å². The molecule has 0 radical (unpaired) electrons. The number of thioether (sulfide) groups is 1. The molecule has 0 atom stereocenters. The van der Waals surface area contributed by atoms with E-state index in [1.807, 2.05) is 24.7 Å². The molecule has 17 heavy (non-hydrogen) atoms. The van der Waals surface area contributed by atoms with Crippen molar-refractivity contribution in [3.05, 3.63) is 29.7 Å². The fourth-order valence-corrected chi connectivity index (χ4v) is 2.40. The molecular formula is C11H15N5S. The number of rotatable bonds is 4. The van der Waals surface area contributed by atoms with Crippen LogP contribution < -0.4 is 5.73 Å². The van der Waals surface area contributed by atoms with Crippen LogP contribution in [-0.2, 0) is 13.5 Å². The lowest BCUT2D eigenvalue weighted by Crippen LogP contribution is -2.01. The molecule has 0 aromatic carbocycles. The van der Waals surface area contributed by atoms with E-state index in [0.717, 1.165) is 23.0 Å². The van der Waals surface area contributed by atoms with Crippen molar-refractivity contribution < 1.29 is 0 Å². The molecule has 0 spiro atoms. The lowest BCUT2D eigenvalue weighted by Gasteiger charge is -2.03. The van der Waals surface area contributed by atoms with Crippen LogP contribution in [-0.4, -0.2) is 25.5 Å². The minimum Gasteiger partial charge on any atom is -0.384 e. The van der Waals surface area contributed by atoms with Crippen molar-refractivity contribution in [2.75, 3.05) is 11.5 Å². The topological polar surface area (TPSA) is 69.6 Å². The Hall–Kier alpha value is -1.56. The summed E-state index contributed by atoms with van der Waals surface area (Å²) in [4.78, 5) is 8.51. The van der Waals surface area contributed by atoms with Gasteiger partial charge in [0.15, 0.2) is 5.16 Å². The average Bonchev–Trinajstić information content (AvgIpc) is 2.63. The second-order valence-corrected chi connectivity index (χ2v) is 4.82. The first-order chi connectivity index (χ1) is 8.15. The predicted molar refractivity (Wildman–Crippen MR) is 68.8 cm³/mol. The van der Waals surface area contributed by atoms with Crippen LogP contribution in [0.5, 0.6) is 0 Å². The lowest BCUT2D eigenvalue weighted by molar-refractivity contribution is 0.719. The van der Waals surface area contributed by atoms with E-state index in [4.69, 9.17) is 5.73 Å². The summed E-state index contributed by atoms with van der Waals surface area (Å²) >= 11 is 1.61. The average molecular weight is 249 g/mol. The van der Waals surface area contributed by atoms with Gasteiger partial charge in [0.2, 0.25) is 0 Å². The summed E-state index contributed by atoms with van der Waals surface area (Å²) in [5, 5.41) is 4.87. The number of aryl methyl sites for hydroxylation is 3. The van der Waals surface area contributed by atoms with Gasteiger partial charge in [0.25, 0.3) is 0 Å². The first-order valence-corrected chi connectivity index (χ1v) is 6.34. The molecule has 2 rings (SSSR count). The molecule has 0 aliphatic heterocycles. The summed E-state index contributed by atoms with van der Waals surface area (Å²) in [6.45, 7) is 1.92. The summed E-state index contributed by atoms with van der Waals surface area (Å²) < 4.78 is 1.88. The Kier molecular flexibility index (Phi) is 3.63. The van der Waals surface area contributed by atoms with Gasteiger partial charge in [0.1, 0.15) is 5.82 Å². The van der Waals surface area contributed by atoms with E-state index < -0.39 is 0 Å². The van der Waals surface area contributed by atoms with Gasteiger partial charge in [-0.1, -0.05) is 11.8 Å². The van der Waals surface area contributed by atoms with Crippen LogP contribution in [0.1, 0.15) is 11.4 Å². The highest BCUT2D eigenvalue weighted by atomic mass is 32.2. The molecule has 2 aromatic heterocycles. The Balaban J connectivity index is 1.92. The SMILES string of the molecule is Cc1cc(N)nc(SCCc2ccnn2C)n1. The minimum atomic E-state index is 0.528. The first-order valence-electron chi connectivity index (χ1n) is 5.36. The molecule has 0 aliphatic rings. The highest BCUT2D eigenvalue weighted by Gasteiger charge is 2.03. The molecular weight excluding hydrogens is 234 g/mol. The van der Waals surface area contributed by atoms with E-state index in [9.17, 15) is 0 Å². The van der Waals surface area contributed by atoms with Crippen molar-refractivity contribution in [3.8, 4) is 0 Å². The highest BCUT2D eigenvalue weighted by molar-refractivity contribution is 7.99. The third-order valence-electron chi connectivity index (χ3n) is 2.37. The van der Waals surface area contributed by atoms with Crippen LogP contribution in [0.15, 0.2) is 23.5 Å². The molecule has 2 aromatic rings. The van der Waals surface area contributed by atoms with Gasteiger partial charge in [-0.2, -0.15) is 5.10 Å². The summed E-state index contributed by atoms with van der Waals surface area (Å²) in [6.07, 6.45) is 2.75. The number of aromatic nitrogens is 4. The van der Waals surface area contributed by atoms with Crippen molar-refractivity contribution in [1.82, 2.24) is 19.7 Å². The van der Waals surface area contributed by atoms with Gasteiger partial charge in [-0.25, -0.2) is 9.97 Å². The van der Waals surface area contributed by atoms with Crippen LogP contribution in [0.3, 0.4) is 0 Å². The summed E-state index contributed by atoms with van der Waals surface area (Å²) in [7, 11) is 1.95. The van der Waals surface area contributed by atoms with E-state index in [2.05, 4.69) is 15.1 Å². The minimum absolute atomic E-state index is 0.528. The fraction of sp³-hybridized carbons (Fsp3) is 0.364. The van der Waals surface area contributed by atoms with Crippen molar-refractivity contribution in [2.45, 2.75) is 18.5 Å². The third kappa shape index (κ3) is 3.20. The lowest BCUT2D eigenvalue weighted by atomic mass is 10.3. The van der Waals surface area contributed by atoms with Crippen LogP contribution in [0.25, 0.3) is 0 Å². The highest BCUT2D eigenvalue weighted by Crippen LogP contribution is 2.16. The number of nitrogen functional groups attached to an aromatic ring is 1. The Morgan fingerprint density at radius 2 is 2.24 bits per heavy atom. The molecule has 0 saturated carbocycles. The van der Waals surface area contributed by atoms with Gasteiger partial charge in [-0.15, -0.1) is 0 Å². The predicted octanol–water partition coefficient (Wildman–Crippen LogP) is 1.44. The molecule has 90 valence electrons. The van der Waals surface area contributed by atoms with Crippen molar-refractivity contribution in [2.24, 2.45) is 7.05 Å². The van der Waals surface area contributed by atoms with Gasteiger partial charge in [0, 0.05) is 36.5 Å². The molecule has 2 heterocycles. The van der Waals surface area contributed by atoms with Crippen LogP contribution >= 0.6 is 11.8 Å². The summed E-state index contributed by atoms with van der Waals surface area (Å²) in [5.74, 6) is 1.45. The van der Waals surface area contributed by atoms with Gasteiger partial charge in [-0.05, 0) is 19.4 Å². The number of nitrogens with zero attached hydrogens (tertiary/aromatic N) is 4. The Morgan fingerprint density at radius 3 is 2.88 bits per heavy atom. The molecule has 5 nitrogen and oxygen atoms in total. The summed E-state index contributed by atoms with van der Waals surface area (Å²) in [6, 6.07) is 3.79. The molecule has 0 fully saturated rings. The Bertz CT molecular complexity index is 488. The fourth-order valence-electron chi connectivity index (χ4n) is 1.52. The molecule has 0 amide bonds. The molecule has 6 heteroatoms. The second-order valence-electron chi connectivity index (χ2n) is 3.76. The van der Waals surface area contributed by atoms with E-state index in [1.165, 1.54) is 5.69 Å². The number of hydrogen-bond acceptors (Lipinski definition) is 5. The van der Waals surface area contributed by atoms with E-state index in [0.29, 0.717) is 5.82 Å². The normalized spacial score (nSPS) is 10.7. The zero-order valence-electron chi connectivity index (χ0n) is 9.92. The van der Waals surface area contributed by atoms with Gasteiger partial charge >= 0.3 is 0 Å². The maximum Gasteiger partial charge on any atom is 0.189 e. The van der Waals surface area contributed by atoms with Gasteiger partial charge in [-0.3, -0.25) is 4.68 Å². The molecule has 0 unspecified atom stereocenters. The maximum atomic E-state index is 5.67. The Morgan fingerprint density at radius 1 is 1.41 bits per heavy atom. The molecule has 2 N–H and O–H groups in total. The largest absolute Gasteiger partial charge is 0.384 e. The van der Waals surface area contributed by atoms with Crippen LogP contribution in [0.2, 0.25) is 0 Å². The number of anilines is 1. The van der Waals surface area contributed by atoms with Gasteiger partial charge in [0.05, 0.1) is 0 Å². The van der Waals surface area contributed by atoms with Crippen molar-refractivity contribution in [1.29, 1.82) is 0 Å². The van der Waals surface area contributed by atoms with E-state index in [-0.39, 0.29) is 0 Å². The van der Waals surface area contributed by atoms with Gasteiger partial charge < -0.3 is 5.73 Å². The molecule has 0 saturated heterocycles. The third-order valence-corrected chi connectivity index (χ3v) is 3.21. The zero-order chi connectivity index (χ0) is 12.3. The summed E-state index contributed by atoms with van der Waals surface area (Å²) in [5.41, 5.74) is 7.78. The smallest absolute Gasteiger partial charge is 0.189 e. The van der Waals surface area contributed by atoms with Crippen LogP contribution in [0, 0.1) is 6.92 Å². The monoisotopic (exact) mass is 249 g/mol. The molecule has 0 bridgehead atoms. The molecule has 0 aliphatic carbocycles. The number of nitrogens with two attached hydrogens (primary N) is 1. The van der Waals surface area contributed by atoms with Crippen LogP contribution in [0.4, 0.5) is 5.82 Å².